The third kappa shape index (κ3) is 5.30. The quantitative estimate of drug-likeness (QED) is 0.513. The molecule has 0 saturated heterocycles. The van der Waals surface area contributed by atoms with Crippen molar-refractivity contribution >= 4 is 17.2 Å². The van der Waals surface area contributed by atoms with E-state index in [1.807, 2.05) is 48.8 Å². The molecule has 0 N–H and O–H groups in total. The Labute approximate surface area is 170 Å². The number of carbonyl (C=O) groups is 1. The molecule has 1 heterocycles. The number of carbonyl (C=O) groups excluding carboxylic acids is 1. The highest BCUT2D eigenvalue weighted by Crippen LogP contribution is 2.25. The molecule has 0 aliphatic heterocycles. The van der Waals surface area contributed by atoms with Crippen molar-refractivity contribution in [1.29, 1.82) is 0 Å². The summed E-state index contributed by atoms with van der Waals surface area (Å²) in [5, 5.41) is 2.92. The second kappa shape index (κ2) is 9.33. The van der Waals surface area contributed by atoms with E-state index in [1.165, 1.54) is 5.56 Å². The molecule has 0 unspecified atom stereocenters. The van der Waals surface area contributed by atoms with Gasteiger partial charge in [-0.25, -0.2) is 4.98 Å². The molecule has 28 heavy (non-hydrogen) atoms. The van der Waals surface area contributed by atoms with Gasteiger partial charge < -0.3 is 9.64 Å². The molecule has 5 heteroatoms. The lowest BCUT2D eigenvalue weighted by Gasteiger charge is -2.17. The second-order valence-corrected chi connectivity index (χ2v) is 7.54. The molecule has 0 fully saturated rings. The zero-order valence-electron chi connectivity index (χ0n) is 16.2. The van der Waals surface area contributed by atoms with Crippen molar-refractivity contribution in [1.82, 2.24) is 9.88 Å². The molecule has 0 saturated carbocycles. The van der Waals surface area contributed by atoms with Crippen LogP contribution in [0, 0.1) is 6.92 Å². The topological polar surface area (TPSA) is 42.4 Å². The van der Waals surface area contributed by atoms with Gasteiger partial charge in [-0.15, -0.1) is 11.3 Å². The van der Waals surface area contributed by atoms with Crippen molar-refractivity contribution < 1.29 is 9.53 Å². The maximum Gasteiger partial charge on any atom is 0.228 e. The minimum absolute atomic E-state index is 0.0491. The van der Waals surface area contributed by atoms with Crippen LogP contribution in [0.5, 0.6) is 5.75 Å². The molecule has 0 radical (unpaired) electrons. The standard InChI is InChI=1S/C23H24N2O2S/c1-4-12-27-21-10-8-18(9-11-21)15-25(3)22(26)14-20-16-28-23(24-20)19-7-5-6-17(2)13-19/h4-11,13,16H,1,12,14-15H2,2-3H3. The number of ether oxygens (including phenoxy) is 1. The first-order valence-corrected chi connectivity index (χ1v) is 10.0. The number of amides is 1. The van der Waals surface area contributed by atoms with Gasteiger partial charge in [0.1, 0.15) is 17.4 Å². The number of thiazole rings is 1. The maximum atomic E-state index is 12.6. The number of benzene rings is 2. The molecule has 4 nitrogen and oxygen atoms in total. The zero-order valence-corrected chi connectivity index (χ0v) is 17.0. The Morgan fingerprint density at radius 2 is 2.04 bits per heavy atom. The molecule has 3 rings (SSSR count). The monoisotopic (exact) mass is 392 g/mol. The highest BCUT2D eigenvalue weighted by atomic mass is 32.1. The Morgan fingerprint density at radius 1 is 1.25 bits per heavy atom. The summed E-state index contributed by atoms with van der Waals surface area (Å²) in [6, 6.07) is 16.0. The Morgan fingerprint density at radius 3 is 2.75 bits per heavy atom. The Bertz CT molecular complexity index is 947. The summed E-state index contributed by atoms with van der Waals surface area (Å²) in [7, 11) is 1.82. The van der Waals surface area contributed by atoms with E-state index < -0.39 is 0 Å². The lowest BCUT2D eigenvalue weighted by molar-refractivity contribution is -0.129. The Hall–Kier alpha value is -2.92. The summed E-state index contributed by atoms with van der Waals surface area (Å²) >= 11 is 1.57. The van der Waals surface area contributed by atoms with Gasteiger partial charge in [-0.05, 0) is 30.7 Å². The van der Waals surface area contributed by atoms with Gasteiger partial charge in [0.15, 0.2) is 0 Å². The average Bonchev–Trinajstić information content (AvgIpc) is 3.16. The van der Waals surface area contributed by atoms with Gasteiger partial charge >= 0.3 is 0 Å². The first kappa shape index (κ1) is 19.8. The fourth-order valence-corrected chi connectivity index (χ4v) is 3.61. The second-order valence-electron chi connectivity index (χ2n) is 6.68. The first-order chi connectivity index (χ1) is 13.5. The van der Waals surface area contributed by atoms with Gasteiger partial charge in [0.05, 0.1) is 12.1 Å². The summed E-state index contributed by atoms with van der Waals surface area (Å²) in [5.41, 5.74) is 4.16. The Balaban J connectivity index is 1.58. The van der Waals surface area contributed by atoms with Gasteiger partial charge in [0.25, 0.3) is 0 Å². The van der Waals surface area contributed by atoms with Crippen LogP contribution in [0.4, 0.5) is 0 Å². The SMILES string of the molecule is C=CCOc1ccc(CN(C)C(=O)Cc2csc(-c3cccc(C)c3)n2)cc1. The van der Waals surface area contributed by atoms with Gasteiger partial charge in [-0.2, -0.15) is 0 Å². The third-order valence-electron chi connectivity index (χ3n) is 4.29. The molecule has 0 bridgehead atoms. The van der Waals surface area contributed by atoms with E-state index in [4.69, 9.17) is 4.74 Å². The van der Waals surface area contributed by atoms with Crippen LogP contribution >= 0.6 is 11.3 Å². The van der Waals surface area contributed by atoms with Crippen molar-refractivity contribution in [2.24, 2.45) is 0 Å². The van der Waals surface area contributed by atoms with Gasteiger partial charge in [0, 0.05) is 24.5 Å². The molecule has 0 spiro atoms. The number of nitrogens with zero attached hydrogens (tertiary/aromatic N) is 2. The summed E-state index contributed by atoms with van der Waals surface area (Å²) in [6.45, 7) is 6.73. The van der Waals surface area contributed by atoms with Crippen LogP contribution in [-0.2, 0) is 17.8 Å². The highest BCUT2D eigenvalue weighted by Gasteiger charge is 2.13. The number of hydrogen-bond donors (Lipinski definition) is 0. The smallest absolute Gasteiger partial charge is 0.228 e. The molecular formula is C23H24N2O2S. The van der Waals surface area contributed by atoms with E-state index in [-0.39, 0.29) is 5.91 Å². The van der Waals surface area contributed by atoms with Gasteiger partial charge in [-0.3, -0.25) is 4.79 Å². The first-order valence-electron chi connectivity index (χ1n) is 9.13. The molecule has 0 atom stereocenters. The maximum absolute atomic E-state index is 12.6. The molecule has 1 amide bonds. The normalized spacial score (nSPS) is 10.5. The number of hydrogen-bond acceptors (Lipinski definition) is 4. The van der Waals surface area contributed by atoms with Gasteiger partial charge in [-0.1, -0.05) is 48.6 Å². The third-order valence-corrected chi connectivity index (χ3v) is 5.23. The minimum atomic E-state index is 0.0491. The van der Waals surface area contributed by atoms with E-state index in [0.29, 0.717) is 19.6 Å². The van der Waals surface area contributed by atoms with E-state index in [0.717, 1.165) is 27.6 Å². The summed E-state index contributed by atoms with van der Waals surface area (Å²) < 4.78 is 5.48. The number of rotatable bonds is 8. The summed E-state index contributed by atoms with van der Waals surface area (Å²) in [5.74, 6) is 0.844. The van der Waals surface area contributed by atoms with Crippen molar-refractivity contribution in [3.63, 3.8) is 0 Å². The molecule has 3 aromatic rings. The van der Waals surface area contributed by atoms with E-state index in [9.17, 15) is 4.79 Å². The van der Waals surface area contributed by atoms with E-state index in [1.54, 1.807) is 22.3 Å². The highest BCUT2D eigenvalue weighted by molar-refractivity contribution is 7.13. The van der Waals surface area contributed by atoms with Crippen LogP contribution in [0.1, 0.15) is 16.8 Å². The van der Waals surface area contributed by atoms with Crippen molar-refractivity contribution in [3.8, 4) is 16.3 Å². The predicted octanol–water partition coefficient (Wildman–Crippen LogP) is 4.88. The number of likely N-dealkylation sites (N-methyl/N-ethyl adjacent to an activating group) is 1. The molecule has 0 aliphatic carbocycles. The molecule has 1 aromatic heterocycles. The van der Waals surface area contributed by atoms with Crippen LogP contribution in [0.2, 0.25) is 0 Å². The van der Waals surface area contributed by atoms with Crippen LogP contribution < -0.4 is 4.74 Å². The fourth-order valence-electron chi connectivity index (χ4n) is 2.80. The van der Waals surface area contributed by atoms with Crippen molar-refractivity contribution in [2.45, 2.75) is 19.9 Å². The van der Waals surface area contributed by atoms with Crippen molar-refractivity contribution in [2.75, 3.05) is 13.7 Å². The molecular weight excluding hydrogens is 368 g/mol. The largest absolute Gasteiger partial charge is 0.490 e. The summed E-state index contributed by atoms with van der Waals surface area (Å²) in [6.07, 6.45) is 2.02. The van der Waals surface area contributed by atoms with Crippen LogP contribution in [0.3, 0.4) is 0 Å². The zero-order chi connectivity index (χ0) is 19.9. The van der Waals surface area contributed by atoms with Gasteiger partial charge in [0.2, 0.25) is 5.91 Å². The molecule has 2 aromatic carbocycles. The Kier molecular flexibility index (Phi) is 6.61. The number of aromatic nitrogens is 1. The van der Waals surface area contributed by atoms with E-state index >= 15 is 0 Å². The fraction of sp³-hybridized carbons (Fsp3) is 0.217. The van der Waals surface area contributed by atoms with Crippen LogP contribution in [-0.4, -0.2) is 29.4 Å². The molecule has 0 aliphatic rings. The van der Waals surface area contributed by atoms with Crippen LogP contribution in [0.15, 0.2) is 66.6 Å². The number of aryl methyl sites for hydroxylation is 1. The van der Waals surface area contributed by atoms with E-state index in [2.05, 4.69) is 30.6 Å². The molecule has 144 valence electrons. The lowest BCUT2D eigenvalue weighted by Crippen LogP contribution is -2.27. The lowest BCUT2D eigenvalue weighted by atomic mass is 10.1. The summed E-state index contributed by atoms with van der Waals surface area (Å²) in [4.78, 5) is 18.9. The average molecular weight is 393 g/mol. The minimum Gasteiger partial charge on any atom is -0.490 e. The van der Waals surface area contributed by atoms with Crippen molar-refractivity contribution in [3.05, 3.63) is 83.4 Å². The van der Waals surface area contributed by atoms with Crippen LogP contribution in [0.25, 0.3) is 10.6 Å². The predicted molar refractivity (Wildman–Crippen MR) is 115 cm³/mol.